The van der Waals surface area contributed by atoms with Gasteiger partial charge in [0.05, 0.1) is 16.7 Å². The lowest BCUT2D eigenvalue weighted by atomic mass is 10.1. The van der Waals surface area contributed by atoms with E-state index in [0.29, 0.717) is 16.8 Å². The predicted molar refractivity (Wildman–Crippen MR) is 167 cm³/mol. The van der Waals surface area contributed by atoms with E-state index in [1.807, 2.05) is 59.3 Å². The topological polar surface area (TPSA) is 110 Å². The molecule has 1 aromatic heterocycles. The Morgan fingerprint density at radius 2 is 1.60 bits per heavy atom. The highest BCUT2D eigenvalue weighted by Gasteiger charge is 2.22. The van der Waals surface area contributed by atoms with E-state index in [1.54, 1.807) is 30.5 Å². The van der Waals surface area contributed by atoms with Gasteiger partial charge in [-0.15, -0.1) is 0 Å². The van der Waals surface area contributed by atoms with E-state index >= 15 is 0 Å². The van der Waals surface area contributed by atoms with Crippen LogP contribution in [0.4, 0.5) is 15.3 Å². The first-order valence-electron chi connectivity index (χ1n) is 13.4. The number of benzene rings is 3. The van der Waals surface area contributed by atoms with Gasteiger partial charge in [-0.05, 0) is 58.1 Å². The van der Waals surface area contributed by atoms with Crippen molar-refractivity contribution >= 4 is 66.4 Å². The number of pyridine rings is 1. The van der Waals surface area contributed by atoms with Gasteiger partial charge in [-0.25, -0.2) is 14.2 Å². The number of anilines is 1. The van der Waals surface area contributed by atoms with Crippen LogP contribution >= 0.6 is 31.9 Å². The summed E-state index contributed by atoms with van der Waals surface area (Å²) in [6, 6.07) is 22.1. The Labute approximate surface area is 284 Å². The lowest BCUT2D eigenvalue weighted by Crippen LogP contribution is -3.00. The third-order valence-corrected chi connectivity index (χ3v) is 7.16. The number of carbonyl (C=O) groups is 3. The van der Waals surface area contributed by atoms with Gasteiger partial charge in [0, 0.05) is 16.3 Å². The van der Waals surface area contributed by atoms with Gasteiger partial charge in [0.15, 0.2) is 18.6 Å². The molecule has 2 unspecified atom stereocenters. The standard InChI is InChI=1S/C31H30Br2N4O5.HI/c1-3-15-37-18-23(16-25(33)19-37)29(38)34-17-28(22-11-13-24(32)14-12-22)42-30(39)35-20(2)41-31(40)36-27-10-6-8-21-7-4-5-9-26(21)27;/h4-14,16,18-20,28H,3,15,17H2,1-2H3,(H2-,34,35,36,38,39,40);1H. The first-order valence-corrected chi connectivity index (χ1v) is 15.0. The molecule has 3 aromatic carbocycles. The summed E-state index contributed by atoms with van der Waals surface area (Å²) in [4.78, 5) is 38.3. The van der Waals surface area contributed by atoms with Gasteiger partial charge in [0.1, 0.15) is 18.2 Å². The fourth-order valence-corrected chi connectivity index (χ4v) is 5.07. The van der Waals surface area contributed by atoms with Crippen LogP contribution in [0.25, 0.3) is 10.8 Å². The zero-order valence-electron chi connectivity index (χ0n) is 23.5. The molecular weight excluding hydrogens is 795 g/mol. The quantitative estimate of drug-likeness (QED) is 0.128. The second kappa shape index (κ2) is 16.6. The van der Waals surface area contributed by atoms with Crippen molar-refractivity contribution in [3.63, 3.8) is 0 Å². The number of fused-ring (bicyclic) bond motifs is 1. The summed E-state index contributed by atoms with van der Waals surface area (Å²) in [6.45, 7) is 4.36. The monoisotopic (exact) mass is 824 g/mol. The predicted octanol–water partition coefficient (Wildman–Crippen LogP) is 3.86. The highest BCUT2D eigenvalue weighted by atomic mass is 127. The second-order valence-electron chi connectivity index (χ2n) is 9.48. The minimum Gasteiger partial charge on any atom is -1.00 e. The summed E-state index contributed by atoms with van der Waals surface area (Å²) in [6.07, 6.45) is 1.25. The normalized spacial score (nSPS) is 11.9. The third kappa shape index (κ3) is 10.2. The molecule has 3 amide bonds. The number of hydrogen-bond donors (Lipinski definition) is 3. The van der Waals surface area contributed by atoms with E-state index < -0.39 is 24.5 Å². The number of rotatable bonds is 10. The summed E-state index contributed by atoms with van der Waals surface area (Å²) >= 11 is 6.86. The second-order valence-corrected chi connectivity index (χ2v) is 11.3. The van der Waals surface area contributed by atoms with Crippen molar-refractivity contribution in [2.45, 2.75) is 39.1 Å². The number of amides is 3. The van der Waals surface area contributed by atoms with Crippen LogP contribution in [0.1, 0.15) is 42.3 Å². The van der Waals surface area contributed by atoms with Gasteiger partial charge in [0.2, 0.25) is 0 Å². The Hall–Kier alpha value is -3.23. The van der Waals surface area contributed by atoms with Crippen LogP contribution in [0.5, 0.6) is 0 Å². The minimum atomic E-state index is -0.997. The van der Waals surface area contributed by atoms with Gasteiger partial charge in [-0.3, -0.25) is 15.4 Å². The Kier molecular flexibility index (Phi) is 13.2. The first-order chi connectivity index (χ1) is 20.2. The number of aromatic nitrogens is 1. The minimum absolute atomic E-state index is 0. The van der Waals surface area contributed by atoms with E-state index in [9.17, 15) is 14.4 Å². The summed E-state index contributed by atoms with van der Waals surface area (Å²) in [7, 11) is 0. The van der Waals surface area contributed by atoms with Crippen LogP contribution in [0.2, 0.25) is 0 Å². The fraction of sp³-hybridized carbons (Fsp3) is 0.226. The molecule has 0 aliphatic rings. The van der Waals surface area contributed by atoms with E-state index in [1.165, 1.54) is 6.92 Å². The van der Waals surface area contributed by atoms with Crippen LogP contribution in [0.15, 0.2) is 94.1 Å². The SMILES string of the molecule is CCC[n+]1cc(Br)cc(C(=O)NCC(OC(=O)NC(C)OC(=O)Nc2cccc3ccccc23)c2ccc(Br)cc2)c1.[I-]. The number of hydrogen-bond acceptors (Lipinski definition) is 5. The molecule has 0 radical (unpaired) electrons. The molecule has 0 spiro atoms. The number of halogens is 3. The smallest absolute Gasteiger partial charge is 0.413 e. The Morgan fingerprint density at radius 1 is 0.884 bits per heavy atom. The van der Waals surface area contributed by atoms with Crippen LogP contribution in [0.3, 0.4) is 0 Å². The molecule has 2 atom stereocenters. The molecule has 226 valence electrons. The highest BCUT2D eigenvalue weighted by molar-refractivity contribution is 9.10. The van der Waals surface area contributed by atoms with Gasteiger partial charge < -0.3 is 38.8 Å². The van der Waals surface area contributed by atoms with Crippen molar-refractivity contribution in [1.82, 2.24) is 10.6 Å². The molecule has 3 N–H and O–H groups in total. The number of nitrogens with zero attached hydrogens (tertiary/aromatic N) is 1. The molecular formula is C31H31Br2IN4O5. The van der Waals surface area contributed by atoms with E-state index in [-0.39, 0.29) is 36.4 Å². The number of aryl methyl sites for hydroxylation is 1. The molecule has 0 saturated carbocycles. The molecule has 1 heterocycles. The van der Waals surface area contributed by atoms with Crippen LogP contribution in [-0.2, 0) is 16.0 Å². The van der Waals surface area contributed by atoms with Crippen molar-refractivity contribution in [2.75, 3.05) is 11.9 Å². The average molecular weight is 826 g/mol. The maximum Gasteiger partial charge on any atom is 0.413 e. The Balaban J connectivity index is 0.00000506. The van der Waals surface area contributed by atoms with Crippen molar-refractivity contribution in [1.29, 1.82) is 0 Å². The van der Waals surface area contributed by atoms with E-state index in [0.717, 1.165) is 32.7 Å². The molecule has 0 bridgehead atoms. The molecule has 43 heavy (non-hydrogen) atoms. The largest absolute Gasteiger partial charge is 1.00 e. The maximum atomic E-state index is 13.0. The Bertz CT molecular complexity index is 1570. The van der Waals surface area contributed by atoms with Gasteiger partial charge in [-0.1, -0.05) is 71.4 Å². The van der Waals surface area contributed by atoms with Crippen molar-refractivity contribution in [3.05, 3.63) is 105 Å². The zero-order valence-corrected chi connectivity index (χ0v) is 28.8. The lowest BCUT2D eigenvalue weighted by Gasteiger charge is -2.21. The Morgan fingerprint density at radius 3 is 2.35 bits per heavy atom. The van der Waals surface area contributed by atoms with Crippen LogP contribution < -0.4 is 44.5 Å². The molecule has 0 aliphatic heterocycles. The molecule has 9 nitrogen and oxygen atoms in total. The summed E-state index contributed by atoms with van der Waals surface area (Å²) in [5, 5.41) is 9.92. The maximum absolute atomic E-state index is 13.0. The van der Waals surface area contributed by atoms with Gasteiger partial charge in [0.25, 0.3) is 5.91 Å². The van der Waals surface area contributed by atoms with Crippen LogP contribution in [-0.4, -0.2) is 30.9 Å². The van der Waals surface area contributed by atoms with E-state index in [2.05, 4.69) is 54.7 Å². The first kappa shape index (κ1) is 34.3. The summed E-state index contributed by atoms with van der Waals surface area (Å²) in [5.41, 5.74) is 1.73. The van der Waals surface area contributed by atoms with Crippen molar-refractivity contribution in [2.24, 2.45) is 0 Å². The fourth-order valence-electron chi connectivity index (χ4n) is 4.29. The van der Waals surface area contributed by atoms with Gasteiger partial charge in [-0.2, -0.15) is 0 Å². The molecule has 4 aromatic rings. The highest BCUT2D eigenvalue weighted by Crippen LogP contribution is 2.23. The molecule has 0 saturated heterocycles. The number of ether oxygens (including phenoxy) is 2. The molecule has 0 aliphatic carbocycles. The number of nitrogens with one attached hydrogen (secondary N) is 3. The van der Waals surface area contributed by atoms with Crippen molar-refractivity contribution in [3.8, 4) is 0 Å². The van der Waals surface area contributed by atoms with Crippen LogP contribution in [0, 0.1) is 0 Å². The average Bonchev–Trinajstić information content (AvgIpc) is 2.95. The molecule has 0 fully saturated rings. The lowest BCUT2D eigenvalue weighted by molar-refractivity contribution is -0.697. The molecule has 4 rings (SSSR count). The number of alkyl carbamates (subject to hydrolysis) is 1. The van der Waals surface area contributed by atoms with E-state index in [4.69, 9.17) is 9.47 Å². The number of carbonyl (C=O) groups excluding carboxylic acids is 3. The van der Waals surface area contributed by atoms with Crippen molar-refractivity contribution < 1.29 is 52.4 Å². The third-order valence-electron chi connectivity index (χ3n) is 6.20. The molecule has 12 heteroatoms. The summed E-state index contributed by atoms with van der Waals surface area (Å²) < 4.78 is 14.6. The zero-order chi connectivity index (χ0) is 30.1. The summed E-state index contributed by atoms with van der Waals surface area (Å²) in [5.74, 6) is -0.311. The van der Waals surface area contributed by atoms with Gasteiger partial charge >= 0.3 is 12.2 Å².